The normalized spacial score (nSPS) is 17.6. The predicted octanol–water partition coefficient (Wildman–Crippen LogP) is 3.41. The number of fused-ring (bicyclic) bond motifs is 1. The third-order valence-electron chi connectivity index (χ3n) is 5.27. The molecule has 27 heavy (non-hydrogen) atoms. The van der Waals surface area contributed by atoms with Crippen molar-refractivity contribution in [3.63, 3.8) is 0 Å². The maximum Gasteiger partial charge on any atom is 0.171 e. The van der Waals surface area contributed by atoms with E-state index in [1.165, 1.54) is 17.5 Å². The van der Waals surface area contributed by atoms with Crippen LogP contribution in [0, 0.1) is 0 Å². The number of pyridine rings is 1. The fraction of sp³-hybridized carbons (Fsp3) is 0.450. The Labute approximate surface area is 167 Å². The second-order valence-electron chi connectivity index (χ2n) is 7.07. The van der Waals surface area contributed by atoms with E-state index in [1.807, 2.05) is 16.8 Å². The van der Waals surface area contributed by atoms with E-state index in [4.69, 9.17) is 4.98 Å². The zero-order valence-electron chi connectivity index (χ0n) is 15.3. The molecule has 0 spiro atoms. The average molecular weight is 430 g/mol. The summed E-state index contributed by atoms with van der Waals surface area (Å²) in [6, 6.07) is 4.43. The van der Waals surface area contributed by atoms with E-state index < -0.39 is 0 Å². The number of anilines is 1. The molecule has 4 heterocycles. The van der Waals surface area contributed by atoms with Gasteiger partial charge in [-0.2, -0.15) is 5.10 Å². The van der Waals surface area contributed by atoms with Gasteiger partial charge in [0.2, 0.25) is 0 Å². The molecule has 1 saturated heterocycles. The number of halogens is 1. The smallest absolute Gasteiger partial charge is 0.171 e. The lowest BCUT2D eigenvalue weighted by Gasteiger charge is -2.37. The van der Waals surface area contributed by atoms with E-state index in [1.54, 1.807) is 12.4 Å². The molecule has 3 aromatic rings. The van der Waals surface area contributed by atoms with Crippen LogP contribution in [-0.2, 0) is 12.8 Å². The summed E-state index contributed by atoms with van der Waals surface area (Å²) in [5, 5.41) is 13.9. The van der Waals surface area contributed by atoms with Crippen LogP contribution in [0.3, 0.4) is 0 Å². The molecule has 0 aliphatic carbocycles. The van der Waals surface area contributed by atoms with Crippen molar-refractivity contribution >= 4 is 27.4 Å². The van der Waals surface area contributed by atoms with E-state index in [0.29, 0.717) is 6.04 Å². The highest BCUT2D eigenvalue weighted by Crippen LogP contribution is 2.30. The summed E-state index contributed by atoms with van der Waals surface area (Å²) in [5.41, 5.74) is 3.24. The van der Waals surface area contributed by atoms with Crippen LogP contribution in [0.25, 0.3) is 5.65 Å². The molecule has 0 unspecified atom stereocenters. The number of aromatic nitrogens is 4. The summed E-state index contributed by atoms with van der Waals surface area (Å²) in [6.07, 6.45) is 13.7. The van der Waals surface area contributed by atoms with Crippen LogP contribution in [-0.4, -0.2) is 43.9 Å². The first kappa shape index (κ1) is 18.4. The molecular formula is C20H24BrN5O. The van der Waals surface area contributed by atoms with Gasteiger partial charge >= 0.3 is 0 Å². The van der Waals surface area contributed by atoms with Crippen molar-refractivity contribution in [3.8, 4) is 0 Å². The van der Waals surface area contributed by atoms with E-state index >= 15 is 0 Å². The van der Waals surface area contributed by atoms with Crippen molar-refractivity contribution in [3.05, 3.63) is 52.5 Å². The fourth-order valence-corrected chi connectivity index (χ4v) is 4.25. The summed E-state index contributed by atoms with van der Waals surface area (Å²) < 4.78 is 2.75. The summed E-state index contributed by atoms with van der Waals surface area (Å²) in [4.78, 5) is 11.6. The largest absolute Gasteiger partial charge is 0.396 e. The standard InChI is InChI=1S/C20H24BrN5O/c21-18-13-23-26-14-16(7-6-15-4-3-9-22-12-15)19(24-20(18)26)25-10-2-1-5-17(25)8-11-27/h3-4,9,12-14,17,27H,1-2,5-8,10-11H2/t17-/m0/s1. The average Bonchev–Trinajstić information content (AvgIpc) is 3.07. The van der Waals surface area contributed by atoms with Gasteiger partial charge in [0.1, 0.15) is 5.82 Å². The highest BCUT2D eigenvalue weighted by molar-refractivity contribution is 9.10. The molecule has 3 aromatic heterocycles. The molecule has 7 heteroatoms. The zero-order valence-corrected chi connectivity index (χ0v) is 16.8. The molecule has 0 bridgehead atoms. The minimum atomic E-state index is 0.213. The molecule has 0 saturated carbocycles. The molecule has 4 rings (SSSR count). The third kappa shape index (κ3) is 3.99. The Morgan fingerprint density at radius 1 is 1.22 bits per heavy atom. The zero-order chi connectivity index (χ0) is 18.6. The lowest BCUT2D eigenvalue weighted by Crippen LogP contribution is -2.41. The number of hydrogen-bond acceptors (Lipinski definition) is 5. The first-order chi connectivity index (χ1) is 13.3. The Bertz CT molecular complexity index is 896. The monoisotopic (exact) mass is 429 g/mol. The molecule has 0 aromatic carbocycles. The molecule has 1 aliphatic heterocycles. The Morgan fingerprint density at radius 2 is 2.15 bits per heavy atom. The van der Waals surface area contributed by atoms with Gasteiger partial charge in [0.05, 0.1) is 10.7 Å². The number of hydrogen-bond donors (Lipinski definition) is 1. The summed E-state index contributed by atoms with van der Waals surface area (Å²) >= 11 is 3.56. The van der Waals surface area contributed by atoms with Crippen molar-refractivity contribution in [2.45, 2.75) is 44.6 Å². The van der Waals surface area contributed by atoms with Crippen LogP contribution in [0.4, 0.5) is 5.82 Å². The minimum absolute atomic E-state index is 0.213. The van der Waals surface area contributed by atoms with Crippen molar-refractivity contribution in [1.82, 2.24) is 19.6 Å². The number of nitrogens with zero attached hydrogens (tertiary/aromatic N) is 5. The number of piperidine rings is 1. The maximum absolute atomic E-state index is 9.51. The lowest BCUT2D eigenvalue weighted by atomic mass is 9.98. The summed E-state index contributed by atoms with van der Waals surface area (Å²) in [7, 11) is 0. The summed E-state index contributed by atoms with van der Waals surface area (Å²) in [5.74, 6) is 1.03. The Morgan fingerprint density at radius 3 is 2.96 bits per heavy atom. The van der Waals surface area contributed by atoms with Gasteiger partial charge in [-0.3, -0.25) is 4.98 Å². The van der Waals surface area contributed by atoms with Crippen LogP contribution >= 0.6 is 15.9 Å². The van der Waals surface area contributed by atoms with Gasteiger partial charge in [-0.15, -0.1) is 0 Å². The topological polar surface area (TPSA) is 66.5 Å². The van der Waals surface area contributed by atoms with Gasteiger partial charge in [-0.25, -0.2) is 9.50 Å². The molecule has 0 radical (unpaired) electrons. The molecule has 1 N–H and O–H groups in total. The van der Waals surface area contributed by atoms with Crippen LogP contribution in [0.5, 0.6) is 0 Å². The number of aliphatic hydroxyl groups is 1. The lowest BCUT2D eigenvalue weighted by molar-refractivity contribution is 0.262. The van der Waals surface area contributed by atoms with Gasteiger partial charge in [0, 0.05) is 43.3 Å². The number of aryl methyl sites for hydroxylation is 2. The molecular weight excluding hydrogens is 406 g/mol. The molecule has 0 amide bonds. The maximum atomic E-state index is 9.51. The molecule has 142 valence electrons. The second-order valence-corrected chi connectivity index (χ2v) is 7.92. The Kier molecular flexibility index (Phi) is 5.69. The Balaban J connectivity index is 1.70. The van der Waals surface area contributed by atoms with Gasteiger partial charge < -0.3 is 10.0 Å². The van der Waals surface area contributed by atoms with Gasteiger partial charge in [-0.1, -0.05) is 6.07 Å². The van der Waals surface area contributed by atoms with Crippen molar-refractivity contribution in [1.29, 1.82) is 0 Å². The van der Waals surface area contributed by atoms with Crippen molar-refractivity contribution in [2.24, 2.45) is 0 Å². The van der Waals surface area contributed by atoms with Gasteiger partial charge in [0.15, 0.2) is 5.65 Å². The third-order valence-corrected chi connectivity index (χ3v) is 5.83. The summed E-state index contributed by atoms with van der Waals surface area (Å²) in [6.45, 7) is 1.20. The van der Waals surface area contributed by atoms with E-state index in [9.17, 15) is 5.11 Å². The van der Waals surface area contributed by atoms with E-state index in [0.717, 1.165) is 54.6 Å². The highest BCUT2D eigenvalue weighted by Gasteiger charge is 2.26. The first-order valence-corrected chi connectivity index (χ1v) is 10.3. The van der Waals surface area contributed by atoms with Gasteiger partial charge in [0.25, 0.3) is 0 Å². The predicted molar refractivity (Wildman–Crippen MR) is 109 cm³/mol. The van der Waals surface area contributed by atoms with Crippen LogP contribution < -0.4 is 4.90 Å². The molecule has 6 nitrogen and oxygen atoms in total. The van der Waals surface area contributed by atoms with Gasteiger partial charge in [-0.05, 0) is 66.1 Å². The van der Waals surface area contributed by atoms with Crippen LogP contribution in [0.15, 0.2) is 41.4 Å². The van der Waals surface area contributed by atoms with E-state index in [2.05, 4.69) is 43.2 Å². The van der Waals surface area contributed by atoms with Crippen LogP contribution in [0.2, 0.25) is 0 Å². The minimum Gasteiger partial charge on any atom is -0.396 e. The molecule has 1 atom stereocenters. The van der Waals surface area contributed by atoms with Crippen molar-refractivity contribution in [2.75, 3.05) is 18.1 Å². The quantitative estimate of drug-likeness (QED) is 0.649. The first-order valence-electron chi connectivity index (χ1n) is 9.55. The SMILES string of the molecule is OCC[C@@H]1CCCCN1c1nc2c(Br)cnn2cc1CCc1cccnc1. The number of aliphatic hydroxyl groups excluding tert-OH is 1. The molecule has 1 fully saturated rings. The van der Waals surface area contributed by atoms with Crippen molar-refractivity contribution < 1.29 is 5.11 Å². The Hall–Kier alpha value is -1.99. The highest BCUT2D eigenvalue weighted by atomic mass is 79.9. The fourth-order valence-electron chi connectivity index (χ4n) is 3.89. The second kappa shape index (κ2) is 8.35. The molecule has 1 aliphatic rings. The number of rotatable bonds is 6. The van der Waals surface area contributed by atoms with E-state index in [-0.39, 0.29) is 6.61 Å². The van der Waals surface area contributed by atoms with Crippen LogP contribution in [0.1, 0.15) is 36.8 Å².